The molecule has 2 aromatic rings. The first-order valence-corrected chi connectivity index (χ1v) is 7.26. The van der Waals surface area contributed by atoms with E-state index in [-0.39, 0.29) is 5.06 Å². The minimum Gasteiger partial charge on any atom is -0.380 e. The molecule has 2 aromatic carbocycles. The molecule has 0 heterocycles. The van der Waals surface area contributed by atoms with E-state index in [0.29, 0.717) is 16.1 Å². The quantitative estimate of drug-likeness (QED) is 0.500. The monoisotopic (exact) mass is 333 g/mol. The van der Waals surface area contributed by atoms with Crippen LogP contribution in [0.2, 0.25) is 5.02 Å². The third kappa shape index (κ3) is 3.76. The Morgan fingerprint density at radius 1 is 1.09 bits per heavy atom. The molecule has 5 nitrogen and oxygen atoms in total. The number of amides is 1. The number of ketones is 1. The lowest BCUT2D eigenvalue weighted by molar-refractivity contribution is -0.166. The maximum Gasteiger partial charge on any atom is 0.313 e. The number of aliphatic hydroxyl groups is 1. The summed E-state index contributed by atoms with van der Waals surface area (Å²) in [5.74, 6) is -2.01. The Kier molecular flexibility index (Phi) is 5.15. The van der Waals surface area contributed by atoms with Gasteiger partial charge in [-0.1, -0.05) is 54.1 Å². The van der Waals surface area contributed by atoms with Gasteiger partial charge in [-0.3, -0.25) is 14.8 Å². The highest BCUT2D eigenvalue weighted by Crippen LogP contribution is 2.34. The number of hydrogen-bond acceptors (Lipinski definition) is 4. The summed E-state index contributed by atoms with van der Waals surface area (Å²) in [5.41, 5.74) is -0.892. The van der Waals surface area contributed by atoms with Gasteiger partial charge in [-0.2, -0.15) is 0 Å². The molecule has 0 aliphatic heterocycles. The van der Waals surface area contributed by atoms with Crippen LogP contribution in [-0.4, -0.2) is 34.1 Å². The SMILES string of the molecule is CN(O)C(=O)C(=O)CC(O)(c1ccccc1)c1cccc(Cl)c1. The molecule has 6 heteroatoms. The first-order valence-electron chi connectivity index (χ1n) is 6.88. The number of halogens is 1. The van der Waals surface area contributed by atoms with Crippen LogP contribution in [0.15, 0.2) is 54.6 Å². The van der Waals surface area contributed by atoms with Crippen LogP contribution in [-0.2, 0) is 15.2 Å². The van der Waals surface area contributed by atoms with Crippen LogP contribution >= 0.6 is 11.6 Å². The predicted molar refractivity (Wildman–Crippen MR) is 85.1 cm³/mol. The topological polar surface area (TPSA) is 77.8 Å². The van der Waals surface area contributed by atoms with Crippen molar-refractivity contribution >= 4 is 23.3 Å². The van der Waals surface area contributed by atoms with Crippen molar-refractivity contribution in [3.8, 4) is 0 Å². The molecular formula is C17H16ClNO4. The zero-order valence-corrected chi connectivity index (χ0v) is 13.2. The Balaban J connectivity index is 2.48. The predicted octanol–water partition coefficient (Wildman–Crippen LogP) is 2.38. The minimum absolute atomic E-state index is 0.200. The highest BCUT2D eigenvalue weighted by atomic mass is 35.5. The summed E-state index contributed by atoms with van der Waals surface area (Å²) in [4.78, 5) is 23.7. The number of benzene rings is 2. The van der Waals surface area contributed by atoms with E-state index in [1.165, 1.54) is 6.07 Å². The van der Waals surface area contributed by atoms with E-state index in [2.05, 4.69) is 0 Å². The highest BCUT2D eigenvalue weighted by molar-refractivity contribution is 6.36. The van der Waals surface area contributed by atoms with Gasteiger partial charge < -0.3 is 5.11 Å². The molecule has 1 unspecified atom stereocenters. The Morgan fingerprint density at radius 2 is 1.70 bits per heavy atom. The Hall–Kier alpha value is -2.21. The summed E-state index contributed by atoms with van der Waals surface area (Å²) in [6, 6.07) is 15.0. The number of hydrogen-bond donors (Lipinski definition) is 2. The van der Waals surface area contributed by atoms with E-state index in [4.69, 9.17) is 16.8 Å². The van der Waals surface area contributed by atoms with Gasteiger partial charge in [-0.15, -0.1) is 0 Å². The molecule has 0 saturated heterocycles. The molecule has 120 valence electrons. The van der Waals surface area contributed by atoms with Gasteiger partial charge in [0.2, 0.25) is 5.78 Å². The van der Waals surface area contributed by atoms with Crippen molar-refractivity contribution in [3.63, 3.8) is 0 Å². The molecule has 1 amide bonds. The van der Waals surface area contributed by atoms with E-state index in [1.807, 2.05) is 0 Å². The van der Waals surface area contributed by atoms with Crippen LogP contribution in [0.4, 0.5) is 0 Å². The number of nitrogens with zero attached hydrogens (tertiary/aromatic N) is 1. The molecule has 0 aromatic heterocycles. The zero-order chi connectivity index (χ0) is 17.0. The van der Waals surface area contributed by atoms with Crippen LogP contribution in [0.25, 0.3) is 0 Å². The molecular weight excluding hydrogens is 318 g/mol. The summed E-state index contributed by atoms with van der Waals surface area (Å²) in [7, 11) is 1.06. The highest BCUT2D eigenvalue weighted by Gasteiger charge is 2.37. The van der Waals surface area contributed by atoms with Crippen molar-refractivity contribution in [3.05, 3.63) is 70.7 Å². The van der Waals surface area contributed by atoms with E-state index in [9.17, 15) is 14.7 Å². The van der Waals surface area contributed by atoms with Crippen molar-refractivity contribution in [1.82, 2.24) is 5.06 Å². The number of hydroxylamine groups is 2. The summed E-state index contributed by atoms with van der Waals surface area (Å²) in [6.45, 7) is 0. The number of rotatable bonds is 5. The fourth-order valence-electron chi connectivity index (χ4n) is 2.32. The van der Waals surface area contributed by atoms with Crippen LogP contribution in [0, 0.1) is 0 Å². The summed E-state index contributed by atoms with van der Waals surface area (Å²) in [5, 5.41) is 20.9. The third-order valence-electron chi connectivity index (χ3n) is 3.50. The summed E-state index contributed by atoms with van der Waals surface area (Å²) < 4.78 is 0. The van der Waals surface area contributed by atoms with Gasteiger partial charge in [0.05, 0.1) is 6.42 Å². The smallest absolute Gasteiger partial charge is 0.313 e. The largest absolute Gasteiger partial charge is 0.380 e. The lowest BCUT2D eigenvalue weighted by atomic mass is 9.82. The van der Waals surface area contributed by atoms with Crippen LogP contribution in [0.5, 0.6) is 0 Å². The van der Waals surface area contributed by atoms with Crippen LogP contribution < -0.4 is 0 Å². The van der Waals surface area contributed by atoms with Crippen molar-refractivity contribution in [2.45, 2.75) is 12.0 Å². The Bertz CT molecular complexity index is 718. The summed E-state index contributed by atoms with van der Waals surface area (Å²) >= 11 is 5.98. The second-order valence-corrected chi connectivity index (χ2v) is 5.60. The first kappa shape index (κ1) is 17.1. The van der Waals surface area contributed by atoms with Gasteiger partial charge in [0.1, 0.15) is 5.60 Å². The van der Waals surface area contributed by atoms with Gasteiger partial charge in [0.15, 0.2) is 0 Å². The molecule has 0 fully saturated rings. The van der Waals surface area contributed by atoms with Gasteiger partial charge >= 0.3 is 5.91 Å². The molecule has 0 bridgehead atoms. The number of carbonyl (C=O) groups excluding carboxylic acids is 2. The van der Waals surface area contributed by atoms with Crippen LogP contribution in [0.1, 0.15) is 17.5 Å². The minimum atomic E-state index is -1.73. The molecule has 0 aliphatic carbocycles. The lowest BCUT2D eigenvalue weighted by Crippen LogP contribution is -2.37. The van der Waals surface area contributed by atoms with E-state index in [1.54, 1.807) is 48.5 Å². The fourth-order valence-corrected chi connectivity index (χ4v) is 2.51. The molecule has 0 aliphatic rings. The first-order chi connectivity index (χ1) is 10.8. The number of likely N-dealkylation sites (N-methyl/N-ethyl adjacent to an activating group) is 1. The third-order valence-corrected chi connectivity index (χ3v) is 3.74. The van der Waals surface area contributed by atoms with E-state index >= 15 is 0 Å². The fraction of sp³-hybridized carbons (Fsp3) is 0.176. The normalized spacial score (nSPS) is 13.2. The maximum atomic E-state index is 12.1. The molecule has 0 radical (unpaired) electrons. The second kappa shape index (κ2) is 6.91. The molecule has 2 N–H and O–H groups in total. The maximum absolute atomic E-state index is 12.1. The van der Waals surface area contributed by atoms with Gasteiger partial charge in [0, 0.05) is 12.1 Å². The number of carbonyl (C=O) groups is 2. The zero-order valence-electron chi connectivity index (χ0n) is 12.4. The molecule has 2 rings (SSSR count). The Labute approximate surface area is 138 Å². The number of Topliss-reactive ketones (excluding diaryl/α,β-unsaturated/α-hetero) is 1. The van der Waals surface area contributed by atoms with Crippen molar-refractivity contribution in [1.29, 1.82) is 0 Å². The standard InChI is InChI=1S/C17H16ClNO4/c1-19(23)16(21)15(20)11-17(22,12-6-3-2-4-7-12)13-8-5-9-14(18)10-13/h2-10,22-23H,11H2,1H3. The van der Waals surface area contributed by atoms with Gasteiger partial charge in [-0.05, 0) is 23.3 Å². The van der Waals surface area contributed by atoms with Gasteiger partial charge in [-0.25, -0.2) is 5.06 Å². The van der Waals surface area contributed by atoms with E-state index < -0.39 is 23.7 Å². The summed E-state index contributed by atoms with van der Waals surface area (Å²) in [6.07, 6.45) is -0.513. The Morgan fingerprint density at radius 3 is 2.26 bits per heavy atom. The van der Waals surface area contributed by atoms with Crippen molar-refractivity contribution in [2.75, 3.05) is 7.05 Å². The average Bonchev–Trinajstić information content (AvgIpc) is 2.54. The molecule has 0 saturated carbocycles. The molecule has 0 spiro atoms. The molecule has 1 atom stereocenters. The average molecular weight is 334 g/mol. The van der Waals surface area contributed by atoms with Crippen molar-refractivity contribution < 1.29 is 19.9 Å². The van der Waals surface area contributed by atoms with Crippen LogP contribution in [0.3, 0.4) is 0 Å². The van der Waals surface area contributed by atoms with E-state index in [0.717, 1.165) is 7.05 Å². The van der Waals surface area contributed by atoms with Crippen molar-refractivity contribution in [2.24, 2.45) is 0 Å². The molecule has 23 heavy (non-hydrogen) atoms. The lowest BCUT2D eigenvalue weighted by Gasteiger charge is -2.29. The second-order valence-electron chi connectivity index (χ2n) is 5.17. The van der Waals surface area contributed by atoms with Gasteiger partial charge in [0.25, 0.3) is 0 Å².